The Morgan fingerprint density at radius 2 is 1.80 bits per heavy atom. The number of fused-ring (bicyclic) bond motifs is 1. The number of nitrogens with zero attached hydrogens (tertiary/aromatic N) is 1. The van der Waals surface area contributed by atoms with Crippen molar-refractivity contribution in [3.8, 4) is 5.88 Å². The zero-order chi connectivity index (χ0) is 14.2. The predicted octanol–water partition coefficient (Wildman–Crippen LogP) is 5.32. The Labute approximate surface area is 126 Å². The molecule has 0 fully saturated rings. The highest BCUT2D eigenvalue weighted by Gasteiger charge is 2.07. The lowest BCUT2D eigenvalue weighted by atomic mass is 10.1. The lowest BCUT2D eigenvalue weighted by molar-refractivity contribution is 0.297. The smallest absolute Gasteiger partial charge is 0.221 e. The second kappa shape index (κ2) is 8.11. The van der Waals surface area contributed by atoms with Gasteiger partial charge in [0.25, 0.3) is 0 Å². The first-order valence-corrected chi connectivity index (χ1v) is 7.95. The summed E-state index contributed by atoms with van der Waals surface area (Å²) in [6, 6.07) is 8.15. The van der Waals surface area contributed by atoms with E-state index in [-0.39, 0.29) is 0 Å². The third kappa shape index (κ3) is 3.86. The Morgan fingerprint density at radius 3 is 2.55 bits per heavy atom. The summed E-state index contributed by atoms with van der Waals surface area (Å²) in [5, 5.41) is 2.19. The van der Waals surface area contributed by atoms with E-state index in [0.717, 1.165) is 35.2 Å². The lowest BCUT2D eigenvalue weighted by Gasteiger charge is -2.10. The number of unbranched alkanes of at least 4 members (excludes halogenated alkanes) is 4. The molecule has 0 radical (unpaired) electrons. The second-order valence-electron chi connectivity index (χ2n) is 5.03. The SMILES string of the molecule is CCCCCCCOc1ncc(CCl)c2ccccc12. The number of hydrogen-bond donors (Lipinski definition) is 0. The van der Waals surface area contributed by atoms with E-state index < -0.39 is 0 Å². The third-order valence-electron chi connectivity index (χ3n) is 3.47. The maximum absolute atomic E-state index is 5.95. The number of hydrogen-bond acceptors (Lipinski definition) is 2. The van der Waals surface area contributed by atoms with Gasteiger partial charge >= 0.3 is 0 Å². The summed E-state index contributed by atoms with van der Waals surface area (Å²) >= 11 is 5.95. The predicted molar refractivity (Wildman–Crippen MR) is 85.6 cm³/mol. The molecule has 1 aromatic carbocycles. The van der Waals surface area contributed by atoms with Crippen LogP contribution in [-0.4, -0.2) is 11.6 Å². The summed E-state index contributed by atoms with van der Waals surface area (Å²) in [5.41, 5.74) is 1.05. The van der Waals surface area contributed by atoms with E-state index in [1.54, 1.807) is 0 Å². The second-order valence-corrected chi connectivity index (χ2v) is 5.30. The zero-order valence-corrected chi connectivity index (χ0v) is 12.8. The zero-order valence-electron chi connectivity index (χ0n) is 12.1. The Hall–Kier alpha value is -1.28. The van der Waals surface area contributed by atoms with Crippen molar-refractivity contribution in [2.75, 3.05) is 6.61 Å². The summed E-state index contributed by atoms with van der Waals surface area (Å²) in [6.45, 7) is 2.96. The molecule has 0 saturated carbocycles. The van der Waals surface area contributed by atoms with E-state index >= 15 is 0 Å². The molecule has 0 aliphatic heterocycles. The summed E-state index contributed by atoms with van der Waals surface area (Å²) in [6.07, 6.45) is 8.01. The van der Waals surface area contributed by atoms with Gasteiger partial charge in [-0.3, -0.25) is 0 Å². The highest BCUT2D eigenvalue weighted by Crippen LogP contribution is 2.27. The van der Waals surface area contributed by atoms with Crippen LogP contribution in [0.4, 0.5) is 0 Å². The topological polar surface area (TPSA) is 22.1 Å². The molecule has 3 heteroatoms. The van der Waals surface area contributed by atoms with Crippen molar-refractivity contribution in [3.63, 3.8) is 0 Å². The average molecular weight is 292 g/mol. The van der Waals surface area contributed by atoms with Crippen LogP contribution in [0.25, 0.3) is 10.8 Å². The van der Waals surface area contributed by atoms with Gasteiger partial charge in [-0.15, -0.1) is 11.6 Å². The molecule has 2 rings (SSSR count). The Bertz CT molecular complexity index is 542. The molecule has 0 bridgehead atoms. The Kier molecular flexibility index (Phi) is 6.13. The highest BCUT2D eigenvalue weighted by molar-refractivity contribution is 6.18. The van der Waals surface area contributed by atoms with E-state index in [9.17, 15) is 0 Å². The maximum Gasteiger partial charge on any atom is 0.221 e. The molecular weight excluding hydrogens is 270 g/mol. The number of ether oxygens (including phenoxy) is 1. The minimum absolute atomic E-state index is 0.477. The molecule has 0 spiro atoms. The Morgan fingerprint density at radius 1 is 1.05 bits per heavy atom. The van der Waals surface area contributed by atoms with Crippen molar-refractivity contribution < 1.29 is 4.74 Å². The van der Waals surface area contributed by atoms with Crippen LogP contribution < -0.4 is 4.74 Å². The summed E-state index contributed by atoms with van der Waals surface area (Å²) < 4.78 is 5.84. The van der Waals surface area contributed by atoms with Crippen molar-refractivity contribution in [2.45, 2.75) is 44.9 Å². The molecule has 0 N–H and O–H groups in total. The van der Waals surface area contributed by atoms with Crippen LogP contribution in [0.5, 0.6) is 5.88 Å². The minimum atomic E-state index is 0.477. The standard InChI is InChI=1S/C17H22ClNO/c1-2-3-4-5-8-11-20-17-16-10-7-6-9-15(16)14(12-18)13-19-17/h6-7,9-10,13H,2-5,8,11-12H2,1H3. The van der Waals surface area contributed by atoms with Crippen LogP contribution in [-0.2, 0) is 5.88 Å². The molecule has 0 aliphatic rings. The summed E-state index contributed by atoms with van der Waals surface area (Å²) in [5.74, 6) is 1.20. The van der Waals surface area contributed by atoms with Crippen LogP contribution >= 0.6 is 11.6 Å². The van der Waals surface area contributed by atoms with Crippen LogP contribution in [0, 0.1) is 0 Å². The van der Waals surface area contributed by atoms with Gasteiger partial charge in [0.2, 0.25) is 5.88 Å². The molecular formula is C17H22ClNO. The molecule has 20 heavy (non-hydrogen) atoms. The first-order chi connectivity index (χ1) is 9.86. The molecule has 0 unspecified atom stereocenters. The number of aromatic nitrogens is 1. The Balaban J connectivity index is 2.00. The van der Waals surface area contributed by atoms with E-state index in [1.165, 1.54) is 25.7 Å². The molecule has 2 aromatic rings. The lowest BCUT2D eigenvalue weighted by Crippen LogP contribution is -2.00. The van der Waals surface area contributed by atoms with Crippen molar-refractivity contribution in [3.05, 3.63) is 36.0 Å². The van der Waals surface area contributed by atoms with E-state index in [1.807, 2.05) is 24.4 Å². The molecule has 0 atom stereocenters. The van der Waals surface area contributed by atoms with Gasteiger partial charge in [-0.05, 0) is 23.4 Å². The normalized spacial score (nSPS) is 10.9. The first-order valence-electron chi connectivity index (χ1n) is 7.42. The monoisotopic (exact) mass is 291 g/mol. The van der Waals surface area contributed by atoms with Crippen LogP contribution in [0.1, 0.15) is 44.6 Å². The fourth-order valence-electron chi connectivity index (χ4n) is 2.32. The molecule has 108 valence electrons. The molecule has 0 saturated heterocycles. The van der Waals surface area contributed by atoms with Crippen LogP contribution in [0.15, 0.2) is 30.5 Å². The molecule has 0 amide bonds. The maximum atomic E-state index is 5.95. The van der Waals surface area contributed by atoms with E-state index in [0.29, 0.717) is 5.88 Å². The summed E-state index contributed by atoms with van der Waals surface area (Å²) in [7, 11) is 0. The molecule has 0 aliphatic carbocycles. The van der Waals surface area contributed by atoms with E-state index in [2.05, 4.69) is 18.0 Å². The quantitative estimate of drug-likeness (QED) is 0.485. The van der Waals surface area contributed by atoms with Gasteiger partial charge in [0.05, 0.1) is 6.61 Å². The van der Waals surface area contributed by atoms with Gasteiger partial charge in [-0.25, -0.2) is 4.98 Å². The molecule has 2 nitrogen and oxygen atoms in total. The van der Waals surface area contributed by atoms with Crippen LogP contribution in [0.2, 0.25) is 0 Å². The van der Waals surface area contributed by atoms with Crippen molar-refractivity contribution in [2.24, 2.45) is 0 Å². The van der Waals surface area contributed by atoms with Gasteiger partial charge in [-0.1, -0.05) is 50.8 Å². The van der Waals surface area contributed by atoms with Gasteiger partial charge in [0, 0.05) is 17.5 Å². The fraction of sp³-hybridized carbons (Fsp3) is 0.471. The van der Waals surface area contributed by atoms with Crippen molar-refractivity contribution in [1.82, 2.24) is 4.98 Å². The average Bonchev–Trinajstić information content (AvgIpc) is 2.50. The fourth-order valence-corrected chi connectivity index (χ4v) is 2.53. The number of pyridine rings is 1. The van der Waals surface area contributed by atoms with Crippen molar-refractivity contribution >= 4 is 22.4 Å². The summed E-state index contributed by atoms with van der Waals surface area (Å²) in [4.78, 5) is 4.40. The van der Waals surface area contributed by atoms with Crippen molar-refractivity contribution in [1.29, 1.82) is 0 Å². The van der Waals surface area contributed by atoms with Gasteiger partial charge in [0.1, 0.15) is 0 Å². The number of alkyl halides is 1. The number of rotatable bonds is 8. The first kappa shape index (κ1) is 15.1. The van der Waals surface area contributed by atoms with Gasteiger partial charge in [-0.2, -0.15) is 0 Å². The molecule has 1 heterocycles. The van der Waals surface area contributed by atoms with Gasteiger partial charge < -0.3 is 4.74 Å². The van der Waals surface area contributed by atoms with Crippen LogP contribution in [0.3, 0.4) is 0 Å². The largest absolute Gasteiger partial charge is 0.477 e. The number of benzene rings is 1. The van der Waals surface area contributed by atoms with Gasteiger partial charge in [0.15, 0.2) is 0 Å². The number of halogens is 1. The highest BCUT2D eigenvalue weighted by atomic mass is 35.5. The third-order valence-corrected chi connectivity index (χ3v) is 3.76. The van der Waals surface area contributed by atoms with E-state index in [4.69, 9.17) is 16.3 Å². The minimum Gasteiger partial charge on any atom is -0.477 e. The molecule has 1 aromatic heterocycles.